The van der Waals surface area contributed by atoms with Gasteiger partial charge in [-0.15, -0.1) is 10.2 Å². The SMILES string of the molecule is CC(C)Cn1cnc(S(=O)(=O)N(C)c2ccc(Cl)nn2)c1. The zero-order chi connectivity index (χ0) is 15.6. The van der Waals surface area contributed by atoms with Crippen molar-refractivity contribution in [3.63, 3.8) is 0 Å². The molecule has 0 bridgehead atoms. The van der Waals surface area contributed by atoms with Gasteiger partial charge in [0.2, 0.25) is 0 Å². The summed E-state index contributed by atoms with van der Waals surface area (Å²) in [7, 11) is -2.37. The first-order chi connectivity index (χ1) is 9.80. The van der Waals surface area contributed by atoms with Crippen LogP contribution < -0.4 is 4.31 Å². The van der Waals surface area contributed by atoms with Gasteiger partial charge < -0.3 is 4.57 Å². The van der Waals surface area contributed by atoms with Crippen molar-refractivity contribution in [1.29, 1.82) is 0 Å². The van der Waals surface area contributed by atoms with Crippen molar-refractivity contribution in [3.05, 3.63) is 29.8 Å². The Morgan fingerprint density at radius 1 is 1.33 bits per heavy atom. The Morgan fingerprint density at radius 3 is 2.62 bits per heavy atom. The molecule has 7 nitrogen and oxygen atoms in total. The van der Waals surface area contributed by atoms with Crippen molar-refractivity contribution >= 4 is 27.4 Å². The molecule has 0 saturated carbocycles. The van der Waals surface area contributed by atoms with E-state index >= 15 is 0 Å². The highest BCUT2D eigenvalue weighted by molar-refractivity contribution is 7.92. The van der Waals surface area contributed by atoms with Crippen LogP contribution in [0.4, 0.5) is 5.82 Å². The van der Waals surface area contributed by atoms with E-state index in [4.69, 9.17) is 11.6 Å². The van der Waals surface area contributed by atoms with E-state index in [1.165, 1.54) is 31.7 Å². The Labute approximate surface area is 128 Å². The van der Waals surface area contributed by atoms with Crippen LogP contribution in [0.5, 0.6) is 0 Å². The summed E-state index contributed by atoms with van der Waals surface area (Å²) in [5.41, 5.74) is 0. The maximum absolute atomic E-state index is 12.5. The number of anilines is 1. The zero-order valence-corrected chi connectivity index (χ0v) is 13.5. The largest absolute Gasteiger partial charge is 0.336 e. The molecule has 0 amide bonds. The average molecular weight is 330 g/mol. The summed E-state index contributed by atoms with van der Waals surface area (Å²) in [4.78, 5) is 3.96. The lowest BCUT2D eigenvalue weighted by Gasteiger charge is -2.15. The molecule has 21 heavy (non-hydrogen) atoms. The van der Waals surface area contributed by atoms with Crippen LogP contribution in [0.25, 0.3) is 0 Å². The molecule has 0 fully saturated rings. The van der Waals surface area contributed by atoms with Crippen molar-refractivity contribution in [1.82, 2.24) is 19.7 Å². The molecule has 0 aliphatic rings. The zero-order valence-electron chi connectivity index (χ0n) is 11.9. The number of halogens is 1. The van der Waals surface area contributed by atoms with Crippen LogP contribution in [-0.2, 0) is 16.6 Å². The minimum Gasteiger partial charge on any atom is -0.336 e. The van der Waals surface area contributed by atoms with Crippen LogP contribution in [-0.4, -0.2) is 35.2 Å². The molecule has 2 aromatic heterocycles. The fraction of sp³-hybridized carbons (Fsp3) is 0.417. The van der Waals surface area contributed by atoms with Crippen LogP contribution in [0.2, 0.25) is 5.15 Å². The number of sulfonamides is 1. The molecule has 2 aromatic rings. The fourth-order valence-electron chi connectivity index (χ4n) is 1.73. The standard InChI is InChI=1S/C12H16ClN5O2S/c1-9(2)6-18-7-12(14-8-18)21(19,20)17(3)11-5-4-10(13)15-16-11/h4-5,7-9H,6H2,1-3H3. The van der Waals surface area contributed by atoms with Crippen molar-refractivity contribution in [2.45, 2.75) is 25.4 Å². The molecule has 0 aliphatic carbocycles. The Hall–Kier alpha value is -1.67. The third-order valence-electron chi connectivity index (χ3n) is 2.75. The summed E-state index contributed by atoms with van der Waals surface area (Å²) in [6.07, 6.45) is 3.02. The number of aromatic nitrogens is 4. The molecule has 0 unspecified atom stereocenters. The number of hydrogen-bond acceptors (Lipinski definition) is 5. The molecule has 0 N–H and O–H groups in total. The van der Waals surface area contributed by atoms with Crippen molar-refractivity contribution in [3.8, 4) is 0 Å². The predicted molar refractivity (Wildman–Crippen MR) is 79.7 cm³/mol. The molecule has 2 heterocycles. The van der Waals surface area contributed by atoms with Gasteiger partial charge in [-0.1, -0.05) is 25.4 Å². The average Bonchev–Trinajstić information content (AvgIpc) is 2.87. The summed E-state index contributed by atoms with van der Waals surface area (Å²) >= 11 is 5.64. The molecule has 114 valence electrons. The topological polar surface area (TPSA) is 81.0 Å². The number of imidazole rings is 1. The van der Waals surface area contributed by atoms with Crippen molar-refractivity contribution < 1.29 is 8.42 Å². The molecular weight excluding hydrogens is 314 g/mol. The normalized spacial score (nSPS) is 11.9. The van der Waals surface area contributed by atoms with E-state index in [-0.39, 0.29) is 16.0 Å². The second kappa shape index (κ2) is 5.98. The van der Waals surface area contributed by atoms with Crippen molar-refractivity contribution in [2.24, 2.45) is 5.92 Å². The maximum atomic E-state index is 12.5. The molecule has 2 rings (SSSR count). The molecule has 0 atom stereocenters. The molecular formula is C12H16ClN5O2S. The lowest BCUT2D eigenvalue weighted by Crippen LogP contribution is -2.27. The van der Waals surface area contributed by atoms with E-state index in [0.29, 0.717) is 12.5 Å². The Kier molecular flexibility index (Phi) is 4.48. The van der Waals surface area contributed by atoms with Crippen LogP contribution in [0, 0.1) is 5.92 Å². The lowest BCUT2D eigenvalue weighted by atomic mass is 10.2. The Bertz CT molecular complexity index is 712. The van der Waals surface area contributed by atoms with Crippen LogP contribution in [0.15, 0.2) is 29.7 Å². The maximum Gasteiger partial charge on any atom is 0.284 e. The summed E-state index contributed by atoms with van der Waals surface area (Å²) < 4.78 is 27.7. The van der Waals surface area contributed by atoms with Gasteiger partial charge in [0.15, 0.2) is 16.0 Å². The monoisotopic (exact) mass is 329 g/mol. The van der Waals surface area contributed by atoms with Gasteiger partial charge in [0.25, 0.3) is 10.0 Å². The highest BCUT2D eigenvalue weighted by Gasteiger charge is 2.25. The van der Waals surface area contributed by atoms with Crippen LogP contribution >= 0.6 is 11.6 Å². The van der Waals surface area contributed by atoms with Gasteiger partial charge in [0.05, 0.1) is 6.33 Å². The van der Waals surface area contributed by atoms with E-state index in [2.05, 4.69) is 15.2 Å². The number of nitrogens with zero attached hydrogens (tertiary/aromatic N) is 5. The molecule has 9 heteroatoms. The van der Waals surface area contributed by atoms with E-state index in [9.17, 15) is 8.42 Å². The minimum absolute atomic E-state index is 0.0256. The summed E-state index contributed by atoms with van der Waals surface area (Å²) in [5, 5.41) is 7.57. The van der Waals surface area contributed by atoms with E-state index < -0.39 is 10.0 Å². The summed E-state index contributed by atoms with van der Waals surface area (Å²) in [6.45, 7) is 4.79. The van der Waals surface area contributed by atoms with E-state index in [1.54, 1.807) is 4.57 Å². The lowest BCUT2D eigenvalue weighted by molar-refractivity contribution is 0.521. The molecule has 0 spiro atoms. The molecule has 0 aromatic carbocycles. The third kappa shape index (κ3) is 3.51. The van der Waals surface area contributed by atoms with Gasteiger partial charge in [0, 0.05) is 19.8 Å². The third-order valence-corrected chi connectivity index (χ3v) is 4.60. The summed E-state index contributed by atoms with van der Waals surface area (Å²) in [6, 6.07) is 2.96. The Balaban J connectivity index is 2.28. The van der Waals surface area contributed by atoms with Gasteiger partial charge >= 0.3 is 0 Å². The van der Waals surface area contributed by atoms with E-state index in [1.807, 2.05) is 13.8 Å². The predicted octanol–water partition coefficient (Wildman–Crippen LogP) is 1.81. The van der Waals surface area contributed by atoms with Crippen LogP contribution in [0.1, 0.15) is 13.8 Å². The highest BCUT2D eigenvalue weighted by Crippen LogP contribution is 2.19. The second-order valence-corrected chi connectivity index (χ2v) is 7.29. The van der Waals surface area contributed by atoms with Gasteiger partial charge in [-0.25, -0.2) is 4.98 Å². The molecule has 0 aliphatic heterocycles. The highest BCUT2D eigenvalue weighted by atomic mass is 35.5. The number of hydrogen-bond donors (Lipinski definition) is 0. The number of rotatable bonds is 5. The first kappa shape index (κ1) is 15.7. The summed E-state index contributed by atoms with van der Waals surface area (Å²) in [5.74, 6) is 0.576. The van der Waals surface area contributed by atoms with Gasteiger partial charge in [-0.2, -0.15) is 8.42 Å². The van der Waals surface area contributed by atoms with Gasteiger partial charge in [-0.3, -0.25) is 4.31 Å². The smallest absolute Gasteiger partial charge is 0.284 e. The molecule has 0 saturated heterocycles. The molecule has 0 radical (unpaired) electrons. The van der Waals surface area contributed by atoms with Gasteiger partial charge in [-0.05, 0) is 18.1 Å². The van der Waals surface area contributed by atoms with Gasteiger partial charge in [0.1, 0.15) is 0 Å². The van der Waals surface area contributed by atoms with Crippen molar-refractivity contribution in [2.75, 3.05) is 11.4 Å². The first-order valence-electron chi connectivity index (χ1n) is 6.30. The quantitative estimate of drug-likeness (QED) is 0.835. The Morgan fingerprint density at radius 2 is 2.05 bits per heavy atom. The van der Waals surface area contributed by atoms with Crippen LogP contribution in [0.3, 0.4) is 0 Å². The fourth-order valence-corrected chi connectivity index (χ4v) is 2.91. The second-order valence-electron chi connectivity index (χ2n) is 4.99. The minimum atomic E-state index is -3.76. The van der Waals surface area contributed by atoms with E-state index in [0.717, 1.165) is 4.31 Å². The first-order valence-corrected chi connectivity index (χ1v) is 8.12.